The van der Waals surface area contributed by atoms with E-state index in [0.717, 1.165) is 0 Å². The number of benzene rings is 1. The van der Waals surface area contributed by atoms with E-state index in [1.54, 1.807) is 12.1 Å². The molecular formula is C14H13N3O4. The molecule has 0 radical (unpaired) electrons. The largest absolute Gasteiger partial charge is 0.367 e. The van der Waals surface area contributed by atoms with Gasteiger partial charge in [0.2, 0.25) is 0 Å². The summed E-state index contributed by atoms with van der Waals surface area (Å²) in [4.78, 5) is 38.0. The quantitative estimate of drug-likeness (QED) is 0.681. The molecule has 108 valence electrons. The van der Waals surface area contributed by atoms with Crippen molar-refractivity contribution in [3.8, 4) is 0 Å². The molecule has 21 heavy (non-hydrogen) atoms. The zero-order chi connectivity index (χ0) is 15.4. The van der Waals surface area contributed by atoms with Crippen LogP contribution in [-0.2, 0) is 6.54 Å². The van der Waals surface area contributed by atoms with Crippen molar-refractivity contribution in [1.82, 2.24) is 9.88 Å². The maximum absolute atomic E-state index is 12.2. The maximum Gasteiger partial charge on any atom is 0.269 e. The lowest BCUT2D eigenvalue weighted by atomic mass is 10.1. The summed E-state index contributed by atoms with van der Waals surface area (Å²) in [5, 5.41) is 10.7. The molecule has 1 aromatic heterocycles. The Kier molecular flexibility index (Phi) is 4.13. The lowest BCUT2D eigenvalue weighted by Crippen LogP contribution is -2.30. The number of non-ortho nitro benzene ring substituents is 1. The Balaban J connectivity index is 2.18. The van der Waals surface area contributed by atoms with Crippen LogP contribution in [0, 0.1) is 10.1 Å². The number of amides is 1. The number of rotatable bonds is 4. The SMILES string of the molecule is CN(Cc1cccc([N+](=O)[O-])c1)C(=O)c1c[nH]ccc1=O. The van der Waals surface area contributed by atoms with Crippen LogP contribution in [0.5, 0.6) is 0 Å². The van der Waals surface area contributed by atoms with Gasteiger partial charge in [-0.05, 0) is 5.56 Å². The molecule has 1 aromatic carbocycles. The number of nitrogens with zero attached hydrogens (tertiary/aromatic N) is 2. The molecule has 0 saturated heterocycles. The Morgan fingerprint density at radius 3 is 2.81 bits per heavy atom. The summed E-state index contributed by atoms with van der Waals surface area (Å²) in [7, 11) is 1.54. The number of pyridine rings is 1. The number of aromatic nitrogens is 1. The van der Waals surface area contributed by atoms with E-state index < -0.39 is 10.8 Å². The van der Waals surface area contributed by atoms with Crippen molar-refractivity contribution in [1.29, 1.82) is 0 Å². The summed E-state index contributed by atoms with van der Waals surface area (Å²) >= 11 is 0. The molecule has 0 aliphatic heterocycles. The Morgan fingerprint density at radius 1 is 1.38 bits per heavy atom. The zero-order valence-electron chi connectivity index (χ0n) is 11.3. The molecule has 0 fully saturated rings. The monoisotopic (exact) mass is 287 g/mol. The van der Waals surface area contributed by atoms with Gasteiger partial charge in [0, 0.05) is 44.2 Å². The Hall–Kier alpha value is -2.96. The van der Waals surface area contributed by atoms with Crippen LogP contribution in [-0.4, -0.2) is 27.8 Å². The predicted octanol–water partition coefficient (Wildman–Crippen LogP) is 1.56. The smallest absolute Gasteiger partial charge is 0.269 e. The second kappa shape index (κ2) is 6.00. The van der Waals surface area contributed by atoms with Crippen molar-refractivity contribution in [2.45, 2.75) is 6.54 Å². The Bertz CT molecular complexity index is 739. The van der Waals surface area contributed by atoms with Gasteiger partial charge in [-0.2, -0.15) is 0 Å². The molecule has 2 rings (SSSR count). The molecule has 0 atom stereocenters. The molecule has 0 aliphatic carbocycles. The number of nitrogens with one attached hydrogen (secondary N) is 1. The molecular weight excluding hydrogens is 274 g/mol. The van der Waals surface area contributed by atoms with E-state index in [2.05, 4.69) is 4.98 Å². The van der Waals surface area contributed by atoms with Crippen LogP contribution in [0.25, 0.3) is 0 Å². The van der Waals surface area contributed by atoms with E-state index in [-0.39, 0.29) is 23.2 Å². The molecule has 1 heterocycles. The van der Waals surface area contributed by atoms with Gasteiger partial charge in [-0.3, -0.25) is 19.7 Å². The van der Waals surface area contributed by atoms with Crippen LogP contribution in [0.15, 0.2) is 47.5 Å². The first-order valence-corrected chi connectivity index (χ1v) is 6.15. The van der Waals surface area contributed by atoms with Gasteiger partial charge in [0.15, 0.2) is 5.43 Å². The van der Waals surface area contributed by atoms with Gasteiger partial charge < -0.3 is 9.88 Å². The summed E-state index contributed by atoms with van der Waals surface area (Å²) in [6, 6.07) is 7.30. The van der Waals surface area contributed by atoms with Crippen molar-refractivity contribution in [3.05, 3.63) is 74.2 Å². The highest BCUT2D eigenvalue weighted by molar-refractivity contribution is 5.93. The minimum atomic E-state index is -0.493. The van der Waals surface area contributed by atoms with Gasteiger partial charge in [0.1, 0.15) is 5.56 Å². The standard InChI is InChI=1S/C14H13N3O4/c1-16(14(19)12-8-15-6-5-13(12)18)9-10-3-2-4-11(7-10)17(20)21/h2-8H,9H2,1H3,(H,15,18). The first kappa shape index (κ1) is 14.4. The highest BCUT2D eigenvalue weighted by Crippen LogP contribution is 2.14. The molecule has 0 saturated carbocycles. The van der Waals surface area contributed by atoms with Gasteiger partial charge >= 0.3 is 0 Å². The van der Waals surface area contributed by atoms with Crippen LogP contribution in [0.3, 0.4) is 0 Å². The third kappa shape index (κ3) is 3.33. The second-order valence-electron chi connectivity index (χ2n) is 4.51. The minimum Gasteiger partial charge on any atom is -0.367 e. The summed E-state index contributed by atoms with van der Waals surface area (Å²) < 4.78 is 0. The van der Waals surface area contributed by atoms with E-state index in [4.69, 9.17) is 0 Å². The molecule has 7 heteroatoms. The summed E-state index contributed by atoms with van der Waals surface area (Å²) in [5.41, 5.74) is 0.244. The normalized spacial score (nSPS) is 10.1. The van der Waals surface area contributed by atoms with E-state index in [0.29, 0.717) is 5.56 Å². The van der Waals surface area contributed by atoms with Gasteiger partial charge in [-0.25, -0.2) is 0 Å². The maximum atomic E-state index is 12.2. The number of nitro benzene ring substituents is 1. The fraction of sp³-hybridized carbons (Fsp3) is 0.143. The number of hydrogen-bond acceptors (Lipinski definition) is 4. The van der Waals surface area contributed by atoms with Gasteiger partial charge in [0.05, 0.1) is 4.92 Å². The van der Waals surface area contributed by atoms with Crippen molar-refractivity contribution < 1.29 is 9.72 Å². The Morgan fingerprint density at radius 2 is 2.14 bits per heavy atom. The van der Waals surface area contributed by atoms with Crippen LogP contribution in [0.2, 0.25) is 0 Å². The van der Waals surface area contributed by atoms with Crippen molar-refractivity contribution in [3.63, 3.8) is 0 Å². The molecule has 0 unspecified atom stereocenters. The second-order valence-corrected chi connectivity index (χ2v) is 4.51. The Labute approximate surface area is 120 Å². The lowest BCUT2D eigenvalue weighted by molar-refractivity contribution is -0.384. The number of H-pyrrole nitrogens is 1. The molecule has 0 bridgehead atoms. The molecule has 1 N–H and O–H groups in total. The minimum absolute atomic E-state index is 0.0328. The number of hydrogen-bond donors (Lipinski definition) is 1. The number of carbonyl (C=O) groups is 1. The average molecular weight is 287 g/mol. The van der Waals surface area contributed by atoms with Crippen LogP contribution in [0.1, 0.15) is 15.9 Å². The number of aromatic amines is 1. The first-order chi connectivity index (χ1) is 9.99. The third-order valence-electron chi connectivity index (χ3n) is 2.94. The van der Waals surface area contributed by atoms with E-state index in [1.807, 2.05) is 0 Å². The molecule has 0 spiro atoms. The molecule has 2 aromatic rings. The van der Waals surface area contributed by atoms with Crippen LogP contribution < -0.4 is 5.43 Å². The summed E-state index contributed by atoms with van der Waals surface area (Å²) in [6.45, 7) is 0.175. The fourth-order valence-electron chi connectivity index (χ4n) is 1.90. The highest BCUT2D eigenvalue weighted by atomic mass is 16.6. The van der Waals surface area contributed by atoms with E-state index in [1.165, 1.54) is 42.5 Å². The van der Waals surface area contributed by atoms with Crippen molar-refractivity contribution in [2.75, 3.05) is 7.05 Å². The van der Waals surface area contributed by atoms with Gasteiger partial charge in [-0.15, -0.1) is 0 Å². The van der Waals surface area contributed by atoms with Crippen molar-refractivity contribution in [2.24, 2.45) is 0 Å². The lowest BCUT2D eigenvalue weighted by Gasteiger charge is -2.16. The van der Waals surface area contributed by atoms with Crippen molar-refractivity contribution >= 4 is 11.6 Å². The first-order valence-electron chi connectivity index (χ1n) is 6.15. The zero-order valence-corrected chi connectivity index (χ0v) is 11.3. The van der Waals surface area contributed by atoms with Gasteiger partial charge in [0.25, 0.3) is 11.6 Å². The van der Waals surface area contributed by atoms with Crippen LogP contribution in [0.4, 0.5) is 5.69 Å². The van der Waals surface area contributed by atoms with Crippen LogP contribution >= 0.6 is 0 Å². The molecule has 0 aliphatic rings. The highest BCUT2D eigenvalue weighted by Gasteiger charge is 2.16. The fourth-order valence-corrected chi connectivity index (χ4v) is 1.90. The average Bonchev–Trinajstić information content (AvgIpc) is 2.47. The van der Waals surface area contributed by atoms with E-state index >= 15 is 0 Å². The topological polar surface area (TPSA) is 96.3 Å². The van der Waals surface area contributed by atoms with E-state index in [9.17, 15) is 19.7 Å². The van der Waals surface area contributed by atoms with Gasteiger partial charge in [-0.1, -0.05) is 12.1 Å². The summed E-state index contributed by atoms with van der Waals surface area (Å²) in [5.74, 6) is -0.441. The summed E-state index contributed by atoms with van der Waals surface area (Å²) in [6.07, 6.45) is 2.79. The predicted molar refractivity (Wildman–Crippen MR) is 76.0 cm³/mol. The number of nitro groups is 1. The third-order valence-corrected chi connectivity index (χ3v) is 2.94. The molecule has 7 nitrogen and oxygen atoms in total. The number of carbonyl (C=O) groups excluding carboxylic acids is 1. The molecule has 1 amide bonds.